The molecule has 0 aliphatic carbocycles. The van der Waals surface area contributed by atoms with E-state index in [1.807, 2.05) is 30.3 Å². The van der Waals surface area contributed by atoms with Crippen molar-refractivity contribution >= 4 is 28.2 Å². The molecular formula is C21H18N2O4S. The minimum Gasteiger partial charge on any atom is -0.486 e. The predicted octanol–water partition coefficient (Wildman–Crippen LogP) is 4.18. The predicted molar refractivity (Wildman–Crippen MR) is 107 cm³/mol. The number of hydrogen-bond donors (Lipinski definition) is 1. The van der Waals surface area contributed by atoms with E-state index in [0.717, 1.165) is 10.4 Å². The molecule has 28 heavy (non-hydrogen) atoms. The highest BCUT2D eigenvalue weighted by Gasteiger charge is 2.16. The Morgan fingerprint density at radius 2 is 1.79 bits per heavy atom. The van der Waals surface area contributed by atoms with E-state index >= 15 is 0 Å². The van der Waals surface area contributed by atoms with Crippen LogP contribution in [0.3, 0.4) is 0 Å². The molecule has 1 aliphatic heterocycles. The van der Waals surface area contributed by atoms with Crippen molar-refractivity contribution < 1.29 is 19.1 Å². The maximum absolute atomic E-state index is 12.4. The lowest BCUT2D eigenvalue weighted by Gasteiger charge is -2.18. The number of nitrogens with zero attached hydrogens (tertiary/aromatic N) is 1. The van der Waals surface area contributed by atoms with Crippen molar-refractivity contribution in [3.8, 4) is 21.9 Å². The SMILES string of the molecule is O=C(CCC(=O)c1ccc2c(c1)OCCO2)Nc1ncc(-c2ccccc2)s1. The van der Waals surface area contributed by atoms with Crippen molar-refractivity contribution in [1.82, 2.24) is 4.98 Å². The molecule has 1 amide bonds. The third kappa shape index (κ3) is 4.20. The topological polar surface area (TPSA) is 77.5 Å². The van der Waals surface area contributed by atoms with E-state index in [4.69, 9.17) is 9.47 Å². The highest BCUT2D eigenvalue weighted by Crippen LogP contribution is 2.31. The molecule has 6 nitrogen and oxygen atoms in total. The van der Waals surface area contributed by atoms with Crippen LogP contribution in [0.4, 0.5) is 5.13 Å². The monoisotopic (exact) mass is 394 g/mol. The average molecular weight is 394 g/mol. The van der Waals surface area contributed by atoms with Gasteiger partial charge in [0.15, 0.2) is 22.4 Å². The van der Waals surface area contributed by atoms with Gasteiger partial charge in [-0.25, -0.2) is 4.98 Å². The second kappa shape index (κ2) is 8.22. The van der Waals surface area contributed by atoms with Crippen LogP contribution >= 0.6 is 11.3 Å². The first-order valence-corrected chi connectivity index (χ1v) is 9.74. The number of anilines is 1. The summed E-state index contributed by atoms with van der Waals surface area (Å²) < 4.78 is 10.9. The van der Waals surface area contributed by atoms with E-state index < -0.39 is 0 Å². The summed E-state index contributed by atoms with van der Waals surface area (Å²) in [5.41, 5.74) is 1.56. The molecule has 1 aromatic heterocycles. The largest absolute Gasteiger partial charge is 0.486 e. The van der Waals surface area contributed by atoms with Crippen LogP contribution in [0, 0.1) is 0 Å². The minimum atomic E-state index is -0.236. The number of Topliss-reactive ketones (excluding diaryl/α,β-unsaturated/α-hetero) is 1. The van der Waals surface area contributed by atoms with E-state index in [1.54, 1.807) is 24.4 Å². The summed E-state index contributed by atoms with van der Waals surface area (Å²) in [5.74, 6) is 0.854. The van der Waals surface area contributed by atoms with Crippen LogP contribution in [-0.4, -0.2) is 29.9 Å². The van der Waals surface area contributed by atoms with Gasteiger partial charge in [0, 0.05) is 24.6 Å². The summed E-state index contributed by atoms with van der Waals surface area (Å²) in [4.78, 5) is 29.8. The van der Waals surface area contributed by atoms with Gasteiger partial charge in [0.2, 0.25) is 5.91 Å². The lowest BCUT2D eigenvalue weighted by Crippen LogP contribution is -2.16. The fourth-order valence-corrected chi connectivity index (χ4v) is 3.68. The van der Waals surface area contributed by atoms with Gasteiger partial charge in [-0.2, -0.15) is 0 Å². The number of carbonyl (C=O) groups excluding carboxylic acids is 2. The van der Waals surface area contributed by atoms with E-state index in [9.17, 15) is 9.59 Å². The summed E-state index contributed by atoms with van der Waals surface area (Å²) >= 11 is 1.40. The van der Waals surface area contributed by atoms with E-state index in [2.05, 4.69) is 10.3 Å². The zero-order valence-electron chi connectivity index (χ0n) is 15.0. The Morgan fingerprint density at radius 3 is 2.61 bits per heavy atom. The van der Waals surface area contributed by atoms with Crippen molar-refractivity contribution in [2.75, 3.05) is 18.5 Å². The number of hydrogen-bond acceptors (Lipinski definition) is 6. The van der Waals surface area contributed by atoms with Gasteiger partial charge in [0.25, 0.3) is 0 Å². The zero-order chi connectivity index (χ0) is 19.3. The van der Waals surface area contributed by atoms with Crippen LogP contribution in [0.1, 0.15) is 23.2 Å². The second-order valence-electron chi connectivity index (χ2n) is 6.23. The molecule has 0 spiro atoms. The molecule has 3 aromatic rings. The number of nitrogens with one attached hydrogen (secondary N) is 1. The first-order chi connectivity index (χ1) is 13.7. The summed E-state index contributed by atoms with van der Waals surface area (Å²) in [6.07, 6.45) is 1.94. The van der Waals surface area contributed by atoms with Gasteiger partial charge in [0.1, 0.15) is 13.2 Å². The van der Waals surface area contributed by atoms with Gasteiger partial charge in [-0.1, -0.05) is 41.7 Å². The Kier molecular flexibility index (Phi) is 5.34. The standard InChI is InChI=1S/C21H18N2O4S/c24-16(15-6-8-17-18(12-15)27-11-10-26-17)7-9-20(25)23-21-22-13-19(28-21)14-4-2-1-3-5-14/h1-6,8,12-13H,7,9-11H2,(H,22,23,25). The van der Waals surface area contributed by atoms with Crippen LogP contribution in [-0.2, 0) is 4.79 Å². The molecule has 0 unspecified atom stereocenters. The molecule has 0 saturated carbocycles. The minimum absolute atomic E-state index is 0.0908. The van der Waals surface area contributed by atoms with E-state index in [1.165, 1.54) is 11.3 Å². The molecule has 0 radical (unpaired) electrons. The smallest absolute Gasteiger partial charge is 0.226 e. The van der Waals surface area contributed by atoms with Crippen molar-refractivity contribution in [3.05, 3.63) is 60.3 Å². The van der Waals surface area contributed by atoms with Gasteiger partial charge in [-0.3, -0.25) is 9.59 Å². The second-order valence-corrected chi connectivity index (χ2v) is 7.26. The number of aromatic nitrogens is 1. The average Bonchev–Trinajstić information content (AvgIpc) is 3.20. The Balaban J connectivity index is 1.32. The molecule has 4 rings (SSSR count). The van der Waals surface area contributed by atoms with Gasteiger partial charge < -0.3 is 14.8 Å². The Morgan fingerprint density at radius 1 is 1.00 bits per heavy atom. The molecule has 2 aromatic carbocycles. The van der Waals surface area contributed by atoms with Gasteiger partial charge >= 0.3 is 0 Å². The van der Waals surface area contributed by atoms with E-state index in [0.29, 0.717) is 35.4 Å². The van der Waals surface area contributed by atoms with Crippen molar-refractivity contribution in [3.63, 3.8) is 0 Å². The summed E-state index contributed by atoms with van der Waals surface area (Å²) in [7, 11) is 0. The van der Waals surface area contributed by atoms with Gasteiger partial charge in [-0.05, 0) is 23.8 Å². The number of benzene rings is 2. The van der Waals surface area contributed by atoms with Crippen LogP contribution in [0.15, 0.2) is 54.7 Å². The lowest BCUT2D eigenvalue weighted by molar-refractivity contribution is -0.116. The number of ketones is 1. The Bertz CT molecular complexity index is 1000. The number of ether oxygens (including phenoxy) is 2. The van der Waals surface area contributed by atoms with Crippen LogP contribution in [0.2, 0.25) is 0 Å². The fraction of sp³-hybridized carbons (Fsp3) is 0.190. The Labute approximate surface area is 166 Å². The third-order valence-electron chi connectivity index (χ3n) is 4.25. The molecule has 2 heterocycles. The van der Waals surface area contributed by atoms with Crippen LogP contribution in [0.5, 0.6) is 11.5 Å². The molecule has 0 fully saturated rings. The molecule has 142 valence electrons. The van der Waals surface area contributed by atoms with Crippen LogP contribution in [0.25, 0.3) is 10.4 Å². The van der Waals surface area contributed by atoms with Crippen LogP contribution < -0.4 is 14.8 Å². The number of rotatable bonds is 6. The zero-order valence-corrected chi connectivity index (χ0v) is 15.8. The highest BCUT2D eigenvalue weighted by molar-refractivity contribution is 7.19. The molecule has 0 saturated heterocycles. The van der Waals surface area contributed by atoms with Crippen molar-refractivity contribution in [1.29, 1.82) is 0 Å². The lowest BCUT2D eigenvalue weighted by atomic mass is 10.1. The van der Waals surface area contributed by atoms with Gasteiger partial charge in [0.05, 0.1) is 4.88 Å². The van der Waals surface area contributed by atoms with Gasteiger partial charge in [-0.15, -0.1) is 0 Å². The van der Waals surface area contributed by atoms with Crippen molar-refractivity contribution in [2.45, 2.75) is 12.8 Å². The maximum atomic E-state index is 12.4. The number of carbonyl (C=O) groups is 2. The summed E-state index contributed by atoms with van der Waals surface area (Å²) in [6, 6.07) is 14.9. The normalized spacial score (nSPS) is 12.4. The molecule has 1 N–H and O–H groups in total. The highest BCUT2D eigenvalue weighted by atomic mass is 32.1. The fourth-order valence-electron chi connectivity index (χ4n) is 2.84. The van der Waals surface area contributed by atoms with Crippen molar-refractivity contribution in [2.24, 2.45) is 0 Å². The number of fused-ring (bicyclic) bond motifs is 1. The van der Waals surface area contributed by atoms with E-state index in [-0.39, 0.29) is 24.5 Å². The molecule has 1 aliphatic rings. The Hall–Kier alpha value is -3.19. The first kappa shape index (κ1) is 18.2. The number of thiazole rings is 1. The summed E-state index contributed by atoms with van der Waals surface area (Å²) in [5, 5.41) is 3.28. The molecule has 0 bridgehead atoms. The molecule has 0 atom stereocenters. The molecule has 7 heteroatoms. The number of amides is 1. The summed E-state index contributed by atoms with van der Waals surface area (Å²) in [6.45, 7) is 0.967. The quantitative estimate of drug-likeness (QED) is 0.635. The third-order valence-corrected chi connectivity index (χ3v) is 5.22. The first-order valence-electron chi connectivity index (χ1n) is 8.93. The molecular weight excluding hydrogens is 376 g/mol. The maximum Gasteiger partial charge on any atom is 0.226 e.